The molecule has 14 heteroatoms. The van der Waals surface area contributed by atoms with Gasteiger partial charge in [0.15, 0.2) is 0 Å². The summed E-state index contributed by atoms with van der Waals surface area (Å²) in [5.41, 5.74) is 5.64. The third kappa shape index (κ3) is 12.8. The van der Waals surface area contributed by atoms with Crippen LogP contribution in [0.25, 0.3) is 0 Å². The fourth-order valence-electron chi connectivity index (χ4n) is 1.97. The van der Waals surface area contributed by atoms with Gasteiger partial charge >= 0.3 is 0 Å². The van der Waals surface area contributed by atoms with Crippen molar-refractivity contribution < 1.29 is 33.9 Å². The lowest BCUT2D eigenvalue weighted by Gasteiger charge is -2.21. The van der Waals surface area contributed by atoms with Crippen molar-refractivity contribution in [1.29, 1.82) is 0 Å². The molecule has 0 aromatic rings. The van der Waals surface area contributed by atoms with Gasteiger partial charge in [-0.2, -0.15) is 0 Å². The van der Waals surface area contributed by atoms with Gasteiger partial charge in [0.05, 0.1) is 38.3 Å². The molecule has 8 N–H and O–H groups in total. The first-order chi connectivity index (χ1) is 14.3. The van der Waals surface area contributed by atoms with E-state index in [0.717, 1.165) is 0 Å². The van der Waals surface area contributed by atoms with Crippen LogP contribution in [0, 0.1) is 5.92 Å². The number of halogens is 1. The number of carbonyl (C=O) groups is 6. The third-order valence-electron chi connectivity index (χ3n) is 3.82. The zero-order valence-electron chi connectivity index (χ0n) is 17.5. The van der Waals surface area contributed by atoms with Crippen molar-refractivity contribution in [3.63, 3.8) is 0 Å². The molecule has 0 spiro atoms. The SMILES string of the molecule is CC(C)[C@H](N)C(=O)NCC(=O)NCC(=O)N[C@H](C(=O)NCC(=O)NCC(=O)I)[C@@H](C)O. The summed E-state index contributed by atoms with van der Waals surface area (Å²) in [6.07, 6.45) is -1.30. The van der Waals surface area contributed by atoms with E-state index in [1.165, 1.54) is 29.5 Å². The first kappa shape index (κ1) is 28.7. The number of rotatable bonds is 13. The second-order valence-electron chi connectivity index (χ2n) is 6.90. The molecule has 0 aromatic carbocycles. The molecular weight excluding hydrogens is 527 g/mol. The zero-order chi connectivity index (χ0) is 24.1. The second kappa shape index (κ2) is 14.6. The van der Waals surface area contributed by atoms with Gasteiger partial charge in [0.1, 0.15) is 6.04 Å². The highest BCUT2D eigenvalue weighted by Gasteiger charge is 2.26. The predicted octanol–water partition coefficient (Wildman–Crippen LogP) is -3.74. The molecule has 0 saturated carbocycles. The van der Waals surface area contributed by atoms with Gasteiger partial charge in [-0.15, -0.1) is 0 Å². The number of hydrogen-bond donors (Lipinski definition) is 7. The van der Waals surface area contributed by atoms with Crippen molar-refractivity contribution in [3.05, 3.63) is 0 Å². The van der Waals surface area contributed by atoms with Crippen molar-refractivity contribution in [1.82, 2.24) is 26.6 Å². The maximum absolute atomic E-state index is 12.1. The van der Waals surface area contributed by atoms with Crippen LogP contribution in [-0.4, -0.2) is 82.8 Å². The molecule has 3 atom stereocenters. The fourth-order valence-corrected chi connectivity index (χ4v) is 2.16. The van der Waals surface area contributed by atoms with Crippen LogP contribution in [0.4, 0.5) is 0 Å². The minimum Gasteiger partial charge on any atom is -0.391 e. The van der Waals surface area contributed by atoms with E-state index in [9.17, 15) is 33.9 Å². The van der Waals surface area contributed by atoms with Gasteiger partial charge in [0.2, 0.25) is 33.3 Å². The summed E-state index contributed by atoms with van der Waals surface area (Å²) < 4.78 is -0.296. The minimum absolute atomic E-state index is 0.114. The van der Waals surface area contributed by atoms with E-state index in [0.29, 0.717) is 0 Å². The maximum atomic E-state index is 12.1. The number of aliphatic hydroxyl groups excluding tert-OH is 1. The number of aliphatic hydroxyl groups is 1. The summed E-state index contributed by atoms with van der Waals surface area (Å²) in [7, 11) is 0. The molecule has 0 radical (unpaired) electrons. The average Bonchev–Trinajstić information content (AvgIpc) is 2.69. The number of amides is 5. The largest absolute Gasteiger partial charge is 0.391 e. The molecule has 176 valence electrons. The summed E-state index contributed by atoms with van der Waals surface area (Å²) in [6, 6.07) is -2.15. The van der Waals surface area contributed by atoms with Gasteiger partial charge in [-0.1, -0.05) is 13.8 Å². The highest BCUT2D eigenvalue weighted by molar-refractivity contribution is 14.1. The quantitative estimate of drug-likeness (QED) is 0.0884. The molecule has 0 aromatic heterocycles. The molecule has 0 aliphatic carbocycles. The van der Waals surface area contributed by atoms with Crippen molar-refractivity contribution in [2.45, 2.75) is 39.0 Å². The lowest BCUT2D eigenvalue weighted by Crippen LogP contribution is -2.55. The lowest BCUT2D eigenvalue weighted by molar-refractivity contribution is -0.133. The van der Waals surface area contributed by atoms with Crippen LogP contribution in [0.5, 0.6) is 0 Å². The summed E-state index contributed by atoms with van der Waals surface area (Å²) >= 11 is 1.50. The van der Waals surface area contributed by atoms with E-state index in [1.54, 1.807) is 13.8 Å². The Labute approximate surface area is 193 Å². The Hall–Kier alpha value is -2.33. The third-order valence-corrected chi connectivity index (χ3v) is 4.20. The Morgan fingerprint density at radius 3 is 1.68 bits per heavy atom. The van der Waals surface area contributed by atoms with Crippen LogP contribution in [0.3, 0.4) is 0 Å². The predicted molar refractivity (Wildman–Crippen MR) is 117 cm³/mol. The summed E-state index contributed by atoms with van der Waals surface area (Å²) in [5, 5.41) is 21.0. The summed E-state index contributed by atoms with van der Waals surface area (Å²) in [5.74, 6) is -3.51. The first-order valence-corrected chi connectivity index (χ1v) is 10.4. The van der Waals surface area contributed by atoms with E-state index in [-0.39, 0.29) is 22.8 Å². The first-order valence-electron chi connectivity index (χ1n) is 9.35. The number of carbonyl (C=O) groups excluding carboxylic acids is 6. The Morgan fingerprint density at radius 1 is 0.774 bits per heavy atom. The fraction of sp³-hybridized carbons (Fsp3) is 0.647. The molecule has 0 fully saturated rings. The monoisotopic (exact) mass is 556 g/mol. The van der Waals surface area contributed by atoms with Crippen LogP contribution >= 0.6 is 22.6 Å². The lowest BCUT2D eigenvalue weighted by atomic mass is 10.1. The smallest absolute Gasteiger partial charge is 0.245 e. The van der Waals surface area contributed by atoms with Crippen LogP contribution in [0.15, 0.2) is 0 Å². The van der Waals surface area contributed by atoms with E-state index < -0.39 is 60.8 Å². The highest BCUT2D eigenvalue weighted by Crippen LogP contribution is 1.97. The number of hydrogen-bond acceptors (Lipinski definition) is 8. The van der Waals surface area contributed by atoms with Crippen molar-refractivity contribution >= 4 is 55.9 Å². The van der Waals surface area contributed by atoms with E-state index >= 15 is 0 Å². The topological polar surface area (TPSA) is 209 Å². The van der Waals surface area contributed by atoms with Crippen molar-refractivity contribution in [2.24, 2.45) is 11.7 Å². The van der Waals surface area contributed by atoms with Gasteiger partial charge in [0.25, 0.3) is 0 Å². The molecule has 0 heterocycles. The Bertz CT molecular complexity index is 686. The number of nitrogens with one attached hydrogen (secondary N) is 5. The normalized spacial score (nSPS) is 13.4. The van der Waals surface area contributed by atoms with E-state index in [4.69, 9.17) is 5.73 Å². The van der Waals surface area contributed by atoms with Crippen molar-refractivity contribution in [3.8, 4) is 0 Å². The van der Waals surface area contributed by atoms with E-state index in [1.807, 2.05) is 0 Å². The maximum Gasteiger partial charge on any atom is 0.245 e. The molecule has 0 bridgehead atoms. The van der Waals surface area contributed by atoms with Crippen LogP contribution in [-0.2, 0) is 28.8 Å². The van der Waals surface area contributed by atoms with Gasteiger partial charge in [-0.05, 0) is 12.8 Å². The molecule has 13 nitrogen and oxygen atoms in total. The molecular formula is C17H29IN6O7. The van der Waals surface area contributed by atoms with Gasteiger partial charge in [0, 0.05) is 22.6 Å². The average molecular weight is 556 g/mol. The van der Waals surface area contributed by atoms with Gasteiger partial charge in [-0.25, -0.2) is 0 Å². The summed E-state index contributed by atoms with van der Waals surface area (Å²) in [6.45, 7) is 3.20. The standard InChI is InChI=1S/C17H29IN6O7/c1-8(2)14(19)16(30)22-5-12(28)21-7-13(29)24-15(9(3)25)17(31)23-6-11(27)20-4-10(18)26/h8-9,14-15,25H,4-7,19H2,1-3H3,(H,20,27)(H,21,28)(H,22,30)(H,23,31)(H,24,29)/t9-,14+,15+/m1/s1. The highest BCUT2D eigenvalue weighted by atomic mass is 127. The van der Waals surface area contributed by atoms with Crippen molar-refractivity contribution in [2.75, 3.05) is 26.2 Å². The summed E-state index contributed by atoms with van der Waals surface area (Å²) in [4.78, 5) is 69.8. The minimum atomic E-state index is -1.38. The Morgan fingerprint density at radius 2 is 1.23 bits per heavy atom. The molecule has 0 aliphatic heterocycles. The van der Waals surface area contributed by atoms with Crippen LogP contribution in [0.2, 0.25) is 0 Å². The Kier molecular flexibility index (Phi) is 13.5. The van der Waals surface area contributed by atoms with Gasteiger partial charge < -0.3 is 37.4 Å². The Balaban J connectivity index is 4.45. The molecule has 0 unspecified atom stereocenters. The molecule has 5 amide bonds. The number of nitrogens with two attached hydrogens (primary N) is 1. The van der Waals surface area contributed by atoms with Crippen LogP contribution in [0.1, 0.15) is 20.8 Å². The molecule has 0 saturated heterocycles. The van der Waals surface area contributed by atoms with Crippen LogP contribution < -0.4 is 32.3 Å². The molecule has 31 heavy (non-hydrogen) atoms. The molecule has 0 rings (SSSR count). The zero-order valence-corrected chi connectivity index (χ0v) is 19.6. The van der Waals surface area contributed by atoms with E-state index in [2.05, 4.69) is 26.6 Å². The van der Waals surface area contributed by atoms with Gasteiger partial charge in [-0.3, -0.25) is 28.8 Å². The molecule has 0 aliphatic rings. The second-order valence-corrected chi connectivity index (χ2v) is 8.10.